The van der Waals surface area contributed by atoms with Crippen LogP contribution in [0.5, 0.6) is 0 Å². The number of sulfone groups is 1. The van der Waals surface area contributed by atoms with Crippen LogP contribution in [0.3, 0.4) is 0 Å². The van der Waals surface area contributed by atoms with Crippen molar-refractivity contribution in [2.75, 3.05) is 12.8 Å². The Balaban J connectivity index is 2.03. The number of hydrogen-bond acceptors (Lipinski definition) is 6. The van der Waals surface area contributed by atoms with Gasteiger partial charge in [0.15, 0.2) is 9.84 Å². The zero-order valence-corrected chi connectivity index (χ0v) is 20.6. The van der Waals surface area contributed by atoms with Gasteiger partial charge in [0.25, 0.3) is 0 Å². The minimum Gasteiger partial charge on any atom is -0.402 e. The molecule has 0 fully saturated rings. The molecular weight excluding hydrogens is 478 g/mol. The maximum atomic E-state index is 11.9. The van der Waals surface area contributed by atoms with Gasteiger partial charge in [0.05, 0.1) is 32.6 Å². The number of para-hydroxylation sites is 1. The molecule has 3 rings (SSSR count). The maximum absolute atomic E-state index is 11.9. The van der Waals surface area contributed by atoms with Crippen molar-refractivity contribution in [3.05, 3.63) is 82.3 Å². The van der Waals surface area contributed by atoms with Gasteiger partial charge in [0.1, 0.15) is 0 Å². The summed E-state index contributed by atoms with van der Waals surface area (Å²) in [5.41, 5.74) is 8.42. The van der Waals surface area contributed by atoms with E-state index < -0.39 is 9.84 Å². The minimum absolute atomic E-state index is 0.0457. The minimum atomic E-state index is -3.32. The summed E-state index contributed by atoms with van der Waals surface area (Å²) in [6.07, 6.45) is 2.90. The zero-order chi connectivity index (χ0) is 24.0. The fourth-order valence-electron chi connectivity index (χ4n) is 3.01. The standard InChI is InChI=1S/C24H24ClN3O3S2/c1-3-27-24(29)15-17(26)14-21(28-20-10-5-4-9-19(20)25)23-12-11-22(32-23)16-7-6-8-18(13-16)33(2,30)31/h4-14H,3,15,26H2,1-2H3,(H,27,29)/b17-14-,28-21?. The first kappa shape index (κ1) is 24.7. The molecule has 0 aliphatic rings. The van der Waals surface area contributed by atoms with Gasteiger partial charge in [0, 0.05) is 23.4 Å². The van der Waals surface area contributed by atoms with E-state index in [1.54, 1.807) is 36.4 Å². The van der Waals surface area contributed by atoms with Crippen LogP contribution in [0.4, 0.5) is 5.69 Å². The second kappa shape index (κ2) is 10.8. The Morgan fingerprint density at radius 3 is 2.61 bits per heavy atom. The summed E-state index contributed by atoms with van der Waals surface area (Å²) in [5, 5.41) is 3.21. The van der Waals surface area contributed by atoms with Crippen molar-refractivity contribution in [3.63, 3.8) is 0 Å². The molecule has 3 aromatic rings. The van der Waals surface area contributed by atoms with E-state index in [-0.39, 0.29) is 17.2 Å². The molecule has 2 aromatic carbocycles. The van der Waals surface area contributed by atoms with E-state index in [0.717, 1.165) is 15.3 Å². The lowest BCUT2D eigenvalue weighted by molar-refractivity contribution is -0.120. The number of nitrogens with two attached hydrogens (primary N) is 1. The summed E-state index contributed by atoms with van der Waals surface area (Å²) in [4.78, 5) is 18.6. The van der Waals surface area contributed by atoms with Crippen molar-refractivity contribution < 1.29 is 13.2 Å². The van der Waals surface area contributed by atoms with E-state index in [4.69, 9.17) is 22.3 Å². The number of allylic oxidation sites excluding steroid dienone is 1. The third-order valence-electron chi connectivity index (χ3n) is 4.56. The fourth-order valence-corrected chi connectivity index (χ4v) is 4.82. The molecule has 0 saturated heterocycles. The van der Waals surface area contributed by atoms with E-state index >= 15 is 0 Å². The van der Waals surface area contributed by atoms with Crippen molar-refractivity contribution in [2.24, 2.45) is 10.7 Å². The van der Waals surface area contributed by atoms with Gasteiger partial charge in [-0.2, -0.15) is 0 Å². The lowest BCUT2D eigenvalue weighted by Gasteiger charge is -2.06. The molecule has 0 spiro atoms. The summed E-state index contributed by atoms with van der Waals surface area (Å²) in [6.45, 7) is 2.36. The summed E-state index contributed by atoms with van der Waals surface area (Å²) >= 11 is 7.74. The lowest BCUT2D eigenvalue weighted by atomic mass is 10.2. The van der Waals surface area contributed by atoms with Crippen molar-refractivity contribution in [3.8, 4) is 10.4 Å². The van der Waals surface area contributed by atoms with Crippen LogP contribution in [0.2, 0.25) is 5.02 Å². The van der Waals surface area contributed by atoms with Gasteiger partial charge in [-0.15, -0.1) is 11.3 Å². The summed E-state index contributed by atoms with van der Waals surface area (Å²) < 4.78 is 23.9. The predicted molar refractivity (Wildman–Crippen MR) is 136 cm³/mol. The summed E-state index contributed by atoms with van der Waals surface area (Å²) in [7, 11) is -3.32. The molecule has 0 aliphatic carbocycles. The zero-order valence-electron chi connectivity index (χ0n) is 18.2. The van der Waals surface area contributed by atoms with Crippen LogP contribution in [-0.4, -0.2) is 32.8 Å². The van der Waals surface area contributed by atoms with E-state index in [1.165, 1.54) is 17.6 Å². The Bertz CT molecular complexity index is 1330. The number of carbonyl (C=O) groups excluding carboxylic acids is 1. The third kappa shape index (κ3) is 6.77. The Morgan fingerprint density at radius 1 is 1.15 bits per heavy atom. The number of benzene rings is 2. The molecule has 33 heavy (non-hydrogen) atoms. The molecule has 6 nitrogen and oxygen atoms in total. The molecule has 9 heteroatoms. The van der Waals surface area contributed by atoms with Crippen molar-refractivity contribution in [2.45, 2.75) is 18.2 Å². The van der Waals surface area contributed by atoms with Crippen molar-refractivity contribution in [1.29, 1.82) is 0 Å². The molecule has 0 saturated carbocycles. The molecule has 0 atom stereocenters. The van der Waals surface area contributed by atoms with E-state index in [0.29, 0.717) is 28.7 Å². The average molecular weight is 502 g/mol. The number of halogens is 1. The van der Waals surface area contributed by atoms with Crippen LogP contribution in [0, 0.1) is 0 Å². The average Bonchev–Trinajstić information content (AvgIpc) is 3.25. The number of hydrogen-bond donors (Lipinski definition) is 2. The Hall–Kier alpha value is -2.94. The molecule has 0 aliphatic heterocycles. The smallest absolute Gasteiger partial charge is 0.225 e. The number of aliphatic imine (C=N–C) groups is 1. The molecule has 1 aromatic heterocycles. The predicted octanol–water partition coefficient (Wildman–Crippen LogP) is 4.96. The van der Waals surface area contributed by atoms with Crippen LogP contribution >= 0.6 is 22.9 Å². The fraction of sp³-hybridized carbons (Fsp3) is 0.167. The Labute approximate surface area is 202 Å². The highest BCUT2D eigenvalue weighted by Gasteiger charge is 2.13. The van der Waals surface area contributed by atoms with Crippen LogP contribution in [0.1, 0.15) is 18.2 Å². The molecule has 3 N–H and O–H groups in total. The number of amides is 1. The van der Waals surface area contributed by atoms with Gasteiger partial charge in [-0.25, -0.2) is 13.4 Å². The monoisotopic (exact) mass is 501 g/mol. The highest BCUT2D eigenvalue weighted by atomic mass is 35.5. The number of carbonyl (C=O) groups is 1. The number of nitrogens with one attached hydrogen (secondary N) is 1. The van der Waals surface area contributed by atoms with Crippen LogP contribution in [0.25, 0.3) is 10.4 Å². The van der Waals surface area contributed by atoms with Gasteiger partial charge in [0.2, 0.25) is 5.91 Å². The van der Waals surface area contributed by atoms with Gasteiger partial charge in [-0.3, -0.25) is 4.79 Å². The molecule has 0 radical (unpaired) electrons. The maximum Gasteiger partial charge on any atom is 0.225 e. The lowest BCUT2D eigenvalue weighted by Crippen LogP contribution is -2.24. The van der Waals surface area contributed by atoms with Gasteiger partial charge in [-0.1, -0.05) is 35.9 Å². The Morgan fingerprint density at radius 2 is 1.91 bits per heavy atom. The third-order valence-corrected chi connectivity index (χ3v) is 7.15. The van der Waals surface area contributed by atoms with Crippen LogP contribution < -0.4 is 11.1 Å². The van der Waals surface area contributed by atoms with Crippen LogP contribution in [-0.2, 0) is 14.6 Å². The van der Waals surface area contributed by atoms with E-state index in [1.807, 2.05) is 37.3 Å². The van der Waals surface area contributed by atoms with E-state index in [9.17, 15) is 13.2 Å². The highest BCUT2D eigenvalue weighted by molar-refractivity contribution is 7.90. The second-order valence-corrected chi connectivity index (χ2v) is 10.8. The first-order valence-corrected chi connectivity index (χ1v) is 13.2. The highest BCUT2D eigenvalue weighted by Crippen LogP contribution is 2.32. The second-order valence-electron chi connectivity index (χ2n) is 7.26. The van der Waals surface area contributed by atoms with Crippen molar-refractivity contribution in [1.82, 2.24) is 5.32 Å². The first-order valence-electron chi connectivity index (χ1n) is 10.1. The van der Waals surface area contributed by atoms with Gasteiger partial charge < -0.3 is 11.1 Å². The normalized spacial score (nSPS) is 12.6. The SMILES string of the molecule is CCNC(=O)C/C(N)=C/C(=Nc1ccccc1Cl)c1ccc(-c2cccc(S(C)(=O)=O)c2)s1. The first-order chi connectivity index (χ1) is 15.7. The number of rotatable bonds is 8. The molecular formula is C24H24ClN3O3S2. The molecule has 0 unspecified atom stereocenters. The van der Waals surface area contributed by atoms with Crippen LogP contribution in [0.15, 0.2) is 82.3 Å². The van der Waals surface area contributed by atoms with Gasteiger partial charge in [-0.05, 0) is 55.0 Å². The largest absolute Gasteiger partial charge is 0.402 e. The van der Waals surface area contributed by atoms with E-state index in [2.05, 4.69) is 5.32 Å². The van der Waals surface area contributed by atoms with Crippen molar-refractivity contribution >= 4 is 50.1 Å². The molecule has 172 valence electrons. The molecule has 1 amide bonds. The molecule has 1 heterocycles. The molecule has 0 bridgehead atoms. The topological polar surface area (TPSA) is 102 Å². The Kier molecular flexibility index (Phi) is 8.07. The quantitative estimate of drug-likeness (QED) is 0.426. The number of thiophene rings is 1. The summed E-state index contributed by atoms with van der Waals surface area (Å²) in [5.74, 6) is -0.173. The van der Waals surface area contributed by atoms with Gasteiger partial charge >= 0.3 is 0 Å². The summed E-state index contributed by atoms with van der Waals surface area (Å²) in [6, 6.07) is 17.8. The number of nitrogens with zero attached hydrogens (tertiary/aromatic N) is 1.